The molecule has 0 aliphatic rings. The second-order valence-corrected chi connectivity index (χ2v) is 10.2. The largest absolute Gasteiger partial charge is 0.478 e. The number of nitrogens with one attached hydrogen (secondary N) is 1. The fourth-order valence-electron chi connectivity index (χ4n) is 3.38. The van der Waals surface area contributed by atoms with Crippen molar-refractivity contribution in [3.8, 4) is 0 Å². The molecule has 2 N–H and O–H groups in total. The SMILES string of the molecule is CCCCCCCSc1nc(/C=C(\Cc2cccs2)C(=O)O)c(Cc2ccccc2Cl)[nH]1. The van der Waals surface area contributed by atoms with Crippen molar-refractivity contribution in [1.29, 1.82) is 0 Å². The lowest BCUT2D eigenvalue weighted by Crippen LogP contribution is -2.04. The minimum Gasteiger partial charge on any atom is -0.478 e. The summed E-state index contributed by atoms with van der Waals surface area (Å²) in [6.07, 6.45) is 8.82. The number of aromatic amines is 1. The van der Waals surface area contributed by atoms with Crippen LogP contribution in [0.5, 0.6) is 0 Å². The van der Waals surface area contributed by atoms with E-state index >= 15 is 0 Å². The van der Waals surface area contributed by atoms with Crippen molar-refractivity contribution < 1.29 is 9.90 Å². The van der Waals surface area contributed by atoms with Gasteiger partial charge in [-0.05, 0) is 35.6 Å². The Kier molecular flexibility index (Phi) is 9.90. The number of carbonyl (C=O) groups is 1. The van der Waals surface area contributed by atoms with Gasteiger partial charge in [0.2, 0.25) is 0 Å². The topological polar surface area (TPSA) is 66.0 Å². The summed E-state index contributed by atoms with van der Waals surface area (Å²) in [5.74, 6) is 0.0719. The molecule has 3 rings (SSSR count). The molecule has 0 aliphatic heterocycles. The first-order valence-corrected chi connectivity index (χ1v) is 13.2. The molecule has 0 bridgehead atoms. The minimum atomic E-state index is -0.921. The van der Waals surface area contributed by atoms with Gasteiger partial charge in [-0.15, -0.1) is 11.3 Å². The van der Waals surface area contributed by atoms with Gasteiger partial charge in [-0.2, -0.15) is 0 Å². The summed E-state index contributed by atoms with van der Waals surface area (Å²) in [6, 6.07) is 11.6. The number of carboxylic acids is 1. The average molecular weight is 489 g/mol. The van der Waals surface area contributed by atoms with E-state index in [4.69, 9.17) is 16.6 Å². The standard InChI is InChI=1S/C25H29ClN2O2S2/c1-2-3-4-5-8-13-32-25-27-22(16-18-10-6-7-12-21(18)26)23(28-25)17-19(24(29)30)15-20-11-9-14-31-20/h6-7,9-12,14,17H,2-5,8,13,15-16H2,1H3,(H,27,28)(H,29,30)/b19-17+. The molecule has 0 amide bonds. The van der Waals surface area contributed by atoms with Crippen LogP contribution in [0, 0.1) is 0 Å². The van der Waals surface area contributed by atoms with E-state index in [1.165, 1.54) is 25.7 Å². The normalized spacial score (nSPS) is 11.8. The third-order valence-corrected chi connectivity index (χ3v) is 7.34. The predicted molar refractivity (Wildman–Crippen MR) is 136 cm³/mol. The molecule has 0 radical (unpaired) electrons. The number of rotatable bonds is 13. The number of thioether (sulfide) groups is 1. The number of thiophene rings is 1. The van der Waals surface area contributed by atoms with Gasteiger partial charge in [-0.3, -0.25) is 0 Å². The quantitative estimate of drug-likeness (QED) is 0.148. The summed E-state index contributed by atoms with van der Waals surface area (Å²) in [5.41, 5.74) is 2.87. The Bertz CT molecular complexity index is 1030. The molecule has 0 atom stereocenters. The van der Waals surface area contributed by atoms with E-state index < -0.39 is 5.97 Å². The maximum Gasteiger partial charge on any atom is 0.332 e. The van der Waals surface area contributed by atoms with Gasteiger partial charge < -0.3 is 10.1 Å². The number of benzene rings is 1. The van der Waals surface area contributed by atoms with Gasteiger partial charge in [0.05, 0.1) is 5.69 Å². The smallest absolute Gasteiger partial charge is 0.332 e. The van der Waals surface area contributed by atoms with Gasteiger partial charge in [-0.1, -0.05) is 80.2 Å². The van der Waals surface area contributed by atoms with Crippen LogP contribution in [-0.4, -0.2) is 26.8 Å². The number of aliphatic carboxylic acids is 1. The molecule has 0 saturated carbocycles. The number of hydrogen-bond donors (Lipinski definition) is 2. The molecule has 0 fully saturated rings. The van der Waals surface area contributed by atoms with Crippen LogP contribution >= 0.6 is 34.7 Å². The number of unbranched alkanes of at least 4 members (excludes halogenated alkanes) is 4. The molecule has 7 heteroatoms. The van der Waals surface area contributed by atoms with E-state index in [-0.39, 0.29) is 0 Å². The number of hydrogen-bond acceptors (Lipinski definition) is 4. The average Bonchev–Trinajstić information content (AvgIpc) is 3.42. The Labute approximate surface area is 203 Å². The number of H-pyrrole nitrogens is 1. The van der Waals surface area contributed by atoms with Crippen molar-refractivity contribution in [1.82, 2.24) is 9.97 Å². The summed E-state index contributed by atoms with van der Waals surface area (Å²) in [7, 11) is 0. The van der Waals surface area contributed by atoms with Crippen molar-refractivity contribution in [2.45, 2.75) is 57.0 Å². The van der Waals surface area contributed by atoms with E-state index in [1.54, 1.807) is 29.2 Å². The molecule has 2 aromatic heterocycles. The number of aromatic nitrogens is 2. The van der Waals surface area contributed by atoms with Crippen LogP contribution in [0.2, 0.25) is 5.02 Å². The fraction of sp³-hybridized carbons (Fsp3) is 0.360. The lowest BCUT2D eigenvalue weighted by Gasteiger charge is -2.04. The zero-order valence-electron chi connectivity index (χ0n) is 18.3. The van der Waals surface area contributed by atoms with Crippen LogP contribution in [0.3, 0.4) is 0 Å². The molecule has 32 heavy (non-hydrogen) atoms. The maximum absolute atomic E-state index is 11.9. The van der Waals surface area contributed by atoms with E-state index in [9.17, 15) is 9.90 Å². The molecule has 0 aliphatic carbocycles. The Morgan fingerprint density at radius 1 is 1.19 bits per heavy atom. The number of carboxylic acid groups (broad SMARTS) is 1. The van der Waals surface area contributed by atoms with Gasteiger partial charge in [-0.25, -0.2) is 9.78 Å². The van der Waals surface area contributed by atoms with E-state index in [0.717, 1.165) is 33.5 Å². The molecule has 0 spiro atoms. The zero-order valence-corrected chi connectivity index (χ0v) is 20.7. The third-order valence-electron chi connectivity index (χ3n) is 5.13. The maximum atomic E-state index is 11.9. The number of nitrogens with zero attached hydrogens (tertiary/aromatic N) is 1. The fourth-order valence-corrected chi connectivity index (χ4v) is 5.21. The van der Waals surface area contributed by atoms with Crippen molar-refractivity contribution in [2.75, 3.05) is 5.75 Å². The molecule has 3 aromatic rings. The molecule has 0 unspecified atom stereocenters. The first-order chi connectivity index (χ1) is 15.6. The second kappa shape index (κ2) is 12.9. The van der Waals surface area contributed by atoms with Crippen LogP contribution in [-0.2, 0) is 17.6 Å². The summed E-state index contributed by atoms with van der Waals surface area (Å²) in [4.78, 5) is 21.1. The van der Waals surface area contributed by atoms with Gasteiger partial charge in [0.25, 0.3) is 0 Å². The highest BCUT2D eigenvalue weighted by atomic mass is 35.5. The van der Waals surface area contributed by atoms with Gasteiger partial charge in [0.15, 0.2) is 5.16 Å². The molecular formula is C25H29ClN2O2S2. The number of halogens is 1. The first kappa shape index (κ1) is 24.6. The van der Waals surface area contributed by atoms with Gasteiger partial charge in [0, 0.05) is 39.8 Å². The third kappa shape index (κ3) is 7.54. The van der Waals surface area contributed by atoms with E-state index in [0.29, 0.717) is 29.1 Å². The lowest BCUT2D eigenvalue weighted by atomic mass is 10.1. The molecular weight excluding hydrogens is 460 g/mol. The van der Waals surface area contributed by atoms with Crippen LogP contribution in [0.25, 0.3) is 6.08 Å². The molecule has 2 heterocycles. The van der Waals surface area contributed by atoms with Crippen molar-refractivity contribution >= 4 is 46.7 Å². The summed E-state index contributed by atoms with van der Waals surface area (Å²) < 4.78 is 0. The highest BCUT2D eigenvalue weighted by Gasteiger charge is 2.15. The van der Waals surface area contributed by atoms with Crippen LogP contribution in [0.1, 0.15) is 60.9 Å². The Morgan fingerprint density at radius 3 is 2.72 bits per heavy atom. The molecule has 0 saturated heterocycles. The summed E-state index contributed by atoms with van der Waals surface area (Å²) in [6.45, 7) is 2.22. The Morgan fingerprint density at radius 2 is 2.00 bits per heavy atom. The summed E-state index contributed by atoms with van der Waals surface area (Å²) >= 11 is 9.63. The predicted octanol–water partition coefficient (Wildman–Crippen LogP) is 7.49. The number of imidazole rings is 1. The molecule has 1 aromatic carbocycles. The van der Waals surface area contributed by atoms with Crippen LogP contribution in [0.15, 0.2) is 52.5 Å². The minimum absolute atomic E-state index is 0.329. The monoisotopic (exact) mass is 488 g/mol. The second-order valence-electron chi connectivity index (χ2n) is 7.67. The highest BCUT2D eigenvalue weighted by Crippen LogP contribution is 2.26. The lowest BCUT2D eigenvalue weighted by molar-refractivity contribution is -0.132. The van der Waals surface area contributed by atoms with Gasteiger partial charge in [0.1, 0.15) is 0 Å². The summed E-state index contributed by atoms with van der Waals surface area (Å²) in [5, 5.41) is 13.3. The Balaban J connectivity index is 1.81. The van der Waals surface area contributed by atoms with Crippen LogP contribution < -0.4 is 0 Å². The molecule has 4 nitrogen and oxygen atoms in total. The van der Waals surface area contributed by atoms with E-state index in [1.807, 2.05) is 41.8 Å². The van der Waals surface area contributed by atoms with Crippen LogP contribution in [0.4, 0.5) is 0 Å². The first-order valence-electron chi connectivity index (χ1n) is 11.0. The molecule has 170 valence electrons. The van der Waals surface area contributed by atoms with Gasteiger partial charge >= 0.3 is 5.97 Å². The zero-order chi connectivity index (χ0) is 22.8. The van der Waals surface area contributed by atoms with Crippen molar-refractivity contribution in [3.63, 3.8) is 0 Å². The highest BCUT2D eigenvalue weighted by molar-refractivity contribution is 7.99. The van der Waals surface area contributed by atoms with Crippen molar-refractivity contribution in [3.05, 3.63) is 74.2 Å². The van der Waals surface area contributed by atoms with Crippen molar-refractivity contribution in [2.24, 2.45) is 0 Å². The van der Waals surface area contributed by atoms with E-state index in [2.05, 4.69) is 11.9 Å². The Hall–Kier alpha value is -2.02.